The third-order valence-electron chi connectivity index (χ3n) is 1.74. The van der Waals surface area contributed by atoms with Crippen LogP contribution in [0.4, 0.5) is 5.69 Å². The molecule has 0 aliphatic rings. The predicted molar refractivity (Wildman–Crippen MR) is 51.0 cm³/mol. The summed E-state index contributed by atoms with van der Waals surface area (Å²) in [5.74, 6) is 0. The molecule has 0 aliphatic heterocycles. The summed E-state index contributed by atoms with van der Waals surface area (Å²) in [5.41, 5.74) is 7.57. The van der Waals surface area contributed by atoms with Gasteiger partial charge >= 0.3 is 0 Å². The van der Waals surface area contributed by atoms with Crippen molar-refractivity contribution in [1.29, 1.82) is 5.26 Å². The maximum absolute atomic E-state index is 8.22. The molecule has 0 aromatic heterocycles. The molecule has 0 saturated carbocycles. The van der Waals surface area contributed by atoms with Gasteiger partial charge in [0.15, 0.2) is 0 Å². The SMILES string of the molecule is N#CCOCCc1ccccc1N. The second-order valence-corrected chi connectivity index (χ2v) is 2.66. The molecule has 2 N–H and O–H groups in total. The average Bonchev–Trinajstić information content (AvgIpc) is 2.15. The number of nitrogen functional groups attached to an aromatic ring is 1. The molecule has 0 unspecified atom stereocenters. The average molecular weight is 176 g/mol. The van der Waals surface area contributed by atoms with Gasteiger partial charge in [-0.25, -0.2) is 0 Å². The number of para-hydroxylation sites is 1. The molecule has 1 rings (SSSR count). The summed E-state index contributed by atoms with van der Waals surface area (Å²) in [6, 6.07) is 9.58. The fourth-order valence-corrected chi connectivity index (χ4v) is 1.06. The maximum atomic E-state index is 8.22. The Morgan fingerprint density at radius 2 is 2.15 bits per heavy atom. The van der Waals surface area contributed by atoms with Crippen LogP contribution in [0.5, 0.6) is 0 Å². The van der Waals surface area contributed by atoms with Crippen LogP contribution in [0.15, 0.2) is 24.3 Å². The standard InChI is InChI=1S/C10H12N2O/c11-6-8-13-7-5-9-3-1-2-4-10(9)12/h1-4H,5,7-8,12H2. The first-order valence-electron chi connectivity index (χ1n) is 4.12. The van der Waals surface area contributed by atoms with Gasteiger partial charge in [0, 0.05) is 5.69 Å². The minimum atomic E-state index is 0.146. The van der Waals surface area contributed by atoms with Crippen LogP contribution in [0.3, 0.4) is 0 Å². The molecule has 1 aromatic rings. The molecule has 3 heteroatoms. The molecular formula is C10H12N2O. The maximum Gasteiger partial charge on any atom is 0.133 e. The first kappa shape index (κ1) is 9.56. The normalized spacial score (nSPS) is 9.46. The lowest BCUT2D eigenvalue weighted by atomic mass is 10.1. The molecule has 1 aromatic carbocycles. The minimum absolute atomic E-state index is 0.146. The Morgan fingerprint density at radius 1 is 1.38 bits per heavy atom. The zero-order valence-electron chi connectivity index (χ0n) is 7.36. The molecule has 68 valence electrons. The topological polar surface area (TPSA) is 59.0 Å². The van der Waals surface area contributed by atoms with Gasteiger partial charge in [-0.15, -0.1) is 0 Å². The number of benzene rings is 1. The Hall–Kier alpha value is -1.53. The van der Waals surface area contributed by atoms with Crippen LogP contribution in [-0.2, 0) is 11.2 Å². The highest BCUT2D eigenvalue weighted by molar-refractivity contribution is 5.46. The highest BCUT2D eigenvalue weighted by Crippen LogP contribution is 2.10. The third kappa shape index (κ3) is 3.14. The van der Waals surface area contributed by atoms with Crippen LogP contribution in [-0.4, -0.2) is 13.2 Å². The van der Waals surface area contributed by atoms with E-state index in [0.717, 1.165) is 17.7 Å². The van der Waals surface area contributed by atoms with Crippen LogP contribution < -0.4 is 5.73 Å². The van der Waals surface area contributed by atoms with Gasteiger partial charge in [-0.2, -0.15) is 5.26 Å². The van der Waals surface area contributed by atoms with Gasteiger partial charge in [-0.1, -0.05) is 18.2 Å². The number of nitrogens with zero attached hydrogens (tertiary/aromatic N) is 1. The van der Waals surface area contributed by atoms with E-state index in [1.807, 2.05) is 30.3 Å². The van der Waals surface area contributed by atoms with Gasteiger partial charge < -0.3 is 10.5 Å². The Bertz CT molecular complexity index is 304. The summed E-state index contributed by atoms with van der Waals surface area (Å²) in [7, 11) is 0. The summed E-state index contributed by atoms with van der Waals surface area (Å²) in [5, 5.41) is 8.22. The van der Waals surface area contributed by atoms with E-state index in [0.29, 0.717) is 6.61 Å². The molecule has 0 radical (unpaired) electrons. The van der Waals surface area contributed by atoms with Crippen molar-refractivity contribution in [3.05, 3.63) is 29.8 Å². The Morgan fingerprint density at radius 3 is 2.85 bits per heavy atom. The molecule has 0 saturated heterocycles. The first-order valence-corrected chi connectivity index (χ1v) is 4.12. The summed E-state index contributed by atoms with van der Waals surface area (Å²) in [4.78, 5) is 0. The van der Waals surface area contributed by atoms with Crippen molar-refractivity contribution in [3.63, 3.8) is 0 Å². The van der Waals surface area contributed by atoms with Crippen LogP contribution in [0.2, 0.25) is 0 Å². The Labute approximate surface area is 77.7 Å². The smallest absolute Gasteiger partial charge is 0.133 e. The van der Waals surface area contributed by atoms with Gasteiger partial charge in [-0.3, -0.25) is 0 Å². The molecule has 0 heterocycles. The fourth-order valence-electron chi connectivity index (χ4n) is 1.06. The predicted octanol–water partition coefficient (Wildman–Crippen LogP) is 1.35. The van der Waals surface area contributed by atoms with E-state index in [2.05, 4.69) is 0 Å². The van der Waals surface area contributed by atoms with Crippen LogP contribution in [0.25, 0.3) is 0 Å². The van der Waals surface area contributed by atoms with Crippen LogP contribution in [0, 0.1) is 11.3 Å². The fraction of sp³-hybridized carbons (Fsp3) is 0.300. The lowest BCUT2D eigenvalue weighted by Crippen LogP contribution is -2.01. The van der Waals surface area contributed by atoms with Crippen molar-refractivity contribution < 1.29 is 4.74 Å². The Balaban J connectivity index is 2.37. The zero-order chi connectivity index (χ0) is 9.52. The molecule has 0 spiro atoms. The van der Waals surface area contributed by atoms with E-state index < -0.39 is 0 Å². The van der Waals surface area contributed by atoms with Gasteiger partial charge in [0.1, 0.15) is 6.61 Å². The third-order valence-corrected chi connectivity index (χ3v) is 1.74. The summed E-state index contributed by atoms with van der Waals surface area (Å²) in [6.45, 7) is 0.689. The largest absolute Gasteiger partial charge is 0.399 e. The molecule has 0 amide bonds. The summed E-state index contributed by atoms with van der Waals surface area (Å²) >= 11 is 0. The number of rotatable bonds is 4. The molecule has 3 nitrogen and oxygen atoms in total. The Kier molecular flexibility index (Phi) is 3.80. The molecule has 0 bridgehead atoms. The zero-order valence-corrected chi connectivity index (χ0v) is 7.36. The van der Waals surface area contributed by atoms with E-state index in [1.54, 1.807) is 0 Å². The van der Waals surface area contributed by atoms with Crippen molar-refractivity contribution in [2.24, 2.45) is 0 Å². The van der Waals surface area contributed by atoms with E-state index >= 15 is 0 Å². The highest BCUT2D eigenvalue weighted by Gasteiger charge is 1.96. The molecule has 0 aliphatic carbocycles. The quantitative estimate of drug-likeness (QED) is 0.556. The van der Waals surface area contributed by atoms with Crippen molar-refractivity contribution in [1.82, 2.24) is 0 Å². The van der Waals surface area contributed by atoms with Gasteiger partial charge in [0.2, 0.25) is 0 Å². The molecular weight excluding hydrogens is 164 g/mol. The number of ether oxygens (including phenoxy) is 1. The molecule has 0 fully saturated rings. The second-order valence-electron chi connectivity index (χ2n) is 2.66. The number of nitriles is 1. The lowest BCUT2D eigenvalue weighted by Gasteiger charge is -2.03. The monoisotopic (exact) mass is 176 g/mol. The van der Waals surface area contributed by atoms with Crippen molar-refractivity contribution in [3.8, 4) is 6.07 Å². The second kappa shape index (κ2) is 5.18. The van der Waals surface area contributed by atoms with E-state index in [-0.39, 0.29) is 6.61 Å². The van der Waals surface area contributed by atoms with Crippen LogP contribution in [0.1, 0.15) is 5.56 Å². The minimum Gasteiger partial charge on any atom is -0.399 e. The van der Waals surface area contributed by atoms with Crippen molar-refractivity contribution >= 4 is 5.69 Å². The first-order chi connectivity index (χ1) is 6.34. The lowest BCUT2D eigenvalue weighted by molar-refractivity contribution is 0.169. The molecule has 0 atom stereocenters. The van der Waals surface area contributed by atoms with E-state index in [1.165, 1.54) is 0 Å². The molecule has 13 heavy (non-hydrogen) atoms. The van der Waals surface area contributed by atoms with Gasteiger partial charge in [-0.05, 0) is 18.1 Å². The van der Waals surface area contributed by atoms with Crippen molar-refractivity contribution in [2.75, 3.05) is 18.9 Å². The highest BCUT2D eigenvalue weighted by atomic mass is 16.5. The van der Waals surface area contributed by atoms with Gasteiger partial charge in [0.05, 0.1) is 12.7 Å². The van der Waals surface area contributed by atoms with Crippen LogP contribution >= 0.6 is 0 Å². The number of anilines is 1. The van der Waals surface area contributed by atoms with Gasteiger partial charge in [0.25, 0.3) is 0 Å². The number of nitrogens with two attached hydrogens (primary N) is 1. The van der Waals surface area contributed by atoms with E-state index in [4.69, 9.17) is 15.7 Å². The summed E-state index contributed by atoms with van der Waals surface area (Å²) < 4.78 is 5.03. The van der Waals surface area contributed by atoms with Crippen molar-refractivity contribution in [2.45, 2.75) is 6.42 Å². The number of hydrogen-bond donors (Lipinski definition) is 1. The van der Waals surface area contributed by atoms with E-state index in [9.17, 15) is 0 Å². The number of hydrogen-bond acceptors (Lipinski definition) is 3. The summed E-state index contributed by atoms with van der Waals surface area (Å²) in [6.07, 6.45) is 0.758.